The van der Waals surface area contributed by atoms with Crippen LogP contribution in [0.1, 0.15) is 55.1 Å². The summed E-state index contributed by atoms with van der Waals surface area (Å²) in [5.74, 6) is 0.523. The van der Waals surface area contributed by atoms with E-state index in [0.29, 0.717) is 49.1 Å². The first-order valence-corrected chi connectivity index (χ1v) is 14.8. The number of nitrogens with zero attached hydrogens (tertiary/aromatic N) is 1. The molecule has 44 heavy (non-hydrogen) atoms. The maximum atomic E-state index is 13.6. The Bertz CT molecular complexity index is 1420. The minimum atomic E-state index is -1.20. The molecule has 8 nitrogen and oxygen atoms in total. The molecular weight excluding hydrogens is 554 g/mol. The first kappa shape index (κ1) is 33.9. The second-order valence-electron chi connectivity index (χ2n) is 11.1. The van der Waals surface area contributed by atoms with E-state index < -0.39 is 5.54 Å². The van der Waals surface area contributed by atoms with Gasteiger partial charge in [0.15, 0.2) is 0 Å². The number of carbonyl (C=O) groups excluding carboxylic acids is 2. The Labute approximate surface area is 261 Å². The summed E-state index contributed by atoms with van der Waals surface area (Å²) in [6.07, 6.45) is 11.7. The molecule has 0 spiro atoms. The number of aryl methyl sites for hydroxylation is 1. The molecule has 8 heteroatoms. The summed E-state index contributed by atoms with van der Waals surface area (Å²) < 4.78 is 16.3. The normalized spacial score (nSPS) is 12.3. The fourth-order valence-electron chi connectivity index (χ4n) is 4.54. The van der Waals surface area contributed by atoms with Gasteiger partial charge in [-0.3, -0.25) is 9.59 Å². The Hall–Kier alpha value is -4.56. The summed E-state index contributed by atoms with van der Waals surface area (Å²) in [6.45, 7) is 19.3. The van der Waals surface area contributed by atoms with Crippen molar-refractivity contribution in [3.63, 3.8) is 0 Å². The van der Waals surface area contributed by atoms with Gasteiger partial charge in [-0.05, 0) is 86.4 Å². The van der Waals surface area contributed by atoms with Crippen molar-refractivity contribution in [2.24, 2.45) is 0 Å². The van der Waals surface area contributed by atoms with Crippen LogP contribution in [0, 0.1) is 0 Å². The van der Waals surface area contributed by atoms with Crippen molar-refractivity contribution in [3.8, 4) is 5.75 Å². The van der Waals surface area contributed by atoms with Crippen molar-refractivity contribution >= 4 is 29.3 Å². The molecule has 0 radical (unpaired) electrons. The number of anilines is 2. The molecule has 3 rings (SSSR count). The van der Waals surface area contributed by atoms with Crippen molar-refractivity contribution < 1.29 is 23.8 Å². The zero-order valence-electron chi connectivity index (χ0n) is 26.4. The quantitative estimate of drug-likeness (QED) is 0.118. The van der Waals surface area contributed by atoms with Crippen LogP contribution in [-0.4, -0.2) is 50.8 Å². The summed E-state index contributed by atoms with van der Waals surface area (Å²) in [7, 11) is 1.59. The molecule has 0 fully saturated rings. The van der Waals surface area contributed by atoms with Gasteiger partial charge in [0.05, 0.1) is 26.6 Å². The van der Waals surface area contributed by atoms with Crippen LogP contribution in [0.25, 0.3) is 6.08 Å². The van der Waals surface area contributed by atoms with Gasteiger partial charge >= 0.3 is 0 Å². The van der Waals surface area contributed by atoms with Crippen LogP contribution < -0.4 is 20.3 Å². The molecule has 234 valence electrons. The molecule has 2 aromatic rings. The average molecular weight is 600 g/mol. The number of unbranched alkanes of at least 4 members (excludes halogenated alkanes) is 1. The highest BCUT2D eigenvalue weighted by Gasteiger charge is 2.30. The molecule has 0 bridgehead atoms. The number of fused-ring (bicyclic) bond motifs is 1. The summed E-state index contributed by atoms with van der Waals surface area (Å²) in [6, 6.07) is 11.1. The molecule has 0 aromatic heterocycles. The molecule has 2 N–H and O–H groups in total. The summed E-state index contributed by atoms with van der Waals surface area (Å²) in [5, 5.41) is 5.83. The number of hydrogen-bond acceptors (Lipinski definition) is 6. The topological polar surface area (TPSA) is 89.1 Å². The molecule has 0 aliphatic carbocycles. The molecule has 0 unspecified atom stereocenters. The Morgan fingerprint density at radius 2 is 1.93 bits per heavy atom. The predicted octanol–water partition coefficient (Wildman–Crippen LogP) is 6.82. The number of methoxy groups -OCH3 is 1. The highest BCUT2D eigenvalue weighted by atomic mass is 16.5. The lowest BCUT2D eigenvalue weighted by molar-refractivity contribution is -0.120. The Morgan fingerprint density at radius 3 is 2.66 bits per heavy atom. The number of ether oxygens (including phenoxy) is 3. The molecule has 1 aliphatic heterocycles. The second-order valence-corrected chi connectivity index (χ2v) is 11.1. The minimum absolute atomic E-state index is 0.348. The lowest BCUT2D eigenvalue weighted by Crippen LogP contribution is -2.52. The van der Waals surface area contributed by atoms with E-state index in [0.717, 1.165) is 41.6 Å². The molecule has 0 atom stereocenters. The first-order chi connectivity index (χ1) is 21.1. The van der Waals surface area contributed by atoms with Crippen molar-refractivity contribution in [3.05, 3.63) is 109 Å². The lowest BCUT2D eigenvalue weighted by Gasteiger charge is -2.29. The van der Waals surface area contributed by atoms with Crippen molar-refractivity contribution in [2.45, 2.75) is 45.6 Å². The summed E-state index contributed by atoms with van der Waals surface area (Å²) >= 11 is 0. The highest BCUT2D eigenvalue weighted by Crippen LogP contribution is 2.30. The van der Waals surface area contributed by atoms with Gasteiger partial charge in [-0.25, -0.2) is 0 Å². The van der Waals surface area contributed by atoms with E-state index in [1.807, 2.05) is 30.3 Å². The van der Waals surface area contributed by atoms with E-state index in [9.17, 15) is 9.59 Å². The third kappa shape index (κ3) is 9.74. The zero-order valence-corrected chi connectivity index (χ0v) is 26.4. The van der Waals surface area contributed by atoms with Crippen molar-refractivity contribution in [1.82, 2.24) is 5.32 Å². The standard InChI is InChI=1S/C36H45N3O5/c1-8-10-12-28-15-16-30(24-32(28)39(25-26(3)9-2)19-22-43-21-11-20-42-7)34(40)38-36(5,6)35(41)37-31-17-18-33-29(23-31)14-13-27(4)44-33/h9,11,13-18,20,23-24H,2-4,8,10,12,19,21-22,25H2,1,5-7H3,(H,37,41)(H,38,40)/b20-11+. The SMILES string of the molecule is C=CC(=C)CN(CCOC/C=C/OC)c1cc(C(=O)NC(C)(C)C(=O)Nc2ccc3c(c2)C=CC(=C)O3)ccc1CCCC. The Balaban J connectivity index is 1.79. The fraction of sp³-hybridized carbons (Fsp3) is 0.333. The number of rotatable bonds is 17. The Morgan fingerprint density at radius 1 is 1.14 bits per heavy atom. The predicted molar refractivity (Wildman–Crippen MR) is 179 cm³/mol. The van der Waals surface area contributed by atoms with E-state index in [2.05, 4.69) is 42.2 Å². The lowest BCUT2D eigenvalue weighted by atomic mass is 9.99. The van der Waals surface area contributed by atoms with Gasteiger partial charge in [-0.1, -0.05) is 45.2 Å². The van der Waals surface area contributed by atoms with Crippen LogP contribution in [0.2, 0.25) is 0 Å². The third-order valence-corrected chi connectivity index (χ3v) is 7.07. The van der Waals surface area contributed by atoms with E-state index in [-0.39, 0.29) is 11.8 Å². The maximum absolute atomic E-state index is 13.6. The van der Waals surface area contributed by atoms with E-state index >= 15 is 0 Å². The van der Waals surface area contributed by atoms with Crippen LogP contribution in [0.15, 0.2) is 92.0 Å². The maximum Gasteiger partial charge on any atom is 0.252 e. The number of carbonyl (C=O) groups is 2. The van der Waals surface area contributed by atoms with Gasteiger partial charge < -0.3 is 29.7 Å². The number of amides is 2. The van der Waals surface area contributed by atoms with Crippen molar-refractivity contribution in [1.29, 1.82) is 0 Å². The van der Waals surface area contributed by atoms with Gasteiger partial charge in [0, 0.05) is 35.6 Å². The van der Waals surface area contributed by atoms with E-state index in [1.54, 1.807) is 57.6 Å². The van der Waals surface area contributed by atoms with Crippen LogP contribution in [0.4, 0.5) is 11.4 Å². The van der Waals surface area contributed by atoms with Gasteiger partial charge in [0.1, 0.15) is 17.0 Å². The van der Waals surface area contributed by atoms with Gasteiger partial charge in [-0.15, -0.1) is 0 Å². The van der Waals surface area contributed by atoms with E-state index in [4.69, 9.17) is 14.2 Å². The molecular formula is C36H45N3O5. The molecule has 2 amide bonds. The van der Waals surface area contributed by atoms with Crippen LogP contribution in [-0.2, 0) is 20.7 Å². The molecule has 0 saturated heterocycles. The van der Waals surface area contributed by atoms with E-state index in [1.165, 1.54) is 0 Å². The average Bonchev–Trinajstić information content (AvgIpc) is 3.00. The largest absolute Gasteiger partial charge is 0.505 e. The third-order valence-electron chi connectivity index (χ3n) is 7.07. The molecule has 1 aliphatic rings. The monoisotopic (exact) mass is 599 g/mol. The van der Waals surface area contributed by atoms with Gasteiger partial charge in [-0.2, -0.15) is 0 Å². The molecule has 0 saturated carbocycles. The zero-order chi connectivity index (χ0) is 32.1. The number of hydrogen-bond donors (Lipinski definition) is 2. The number of allylic oxidation sites excluding steroid dienone is 1. The smallest absolute Gasteiger partial charge is 0.252 e. The molecule has 2 aromatic carbocycles. The number of nitrogens with one attached hydrogen (secondary N) is 2. The second kappa shape index (κ2) is 16.3. The summed E-state index contributed by atoms with van der Waals surface area (Å²) in [4.78, 5) is 29.0. The number of benzene rings is 2. The first-order valence-electron chi connectivity index (χ1n) is 14.8. The highest BCUT2D eigenvalue weighted by molar-refractivity contribution is 6.03. The molecule has 1 heterocycles. The van der Waals surface area contributed by atoms with Gasteiger partial charge in [0.2, 0.25) is 5.91 Å². The minimum Gasteiger partial charge on any atom is -0.505 e. The van der Waals surface area contributed by atoms with Crippen LogP contribution in [0.5, 0.6) is 5.75 Å². The van der Waals surface area contributed by atoms with Crippen LogP contribution in [0.3, 0.4) is 0 Å². The Kier molecular flexibility index (Phi) is 12.6. The summed E-state index contributed by atoms with van der Waals surface area (Å²) in [5.41, 5.74) is 3.59. The fourth-order valence-corrected chi connectivity index (χ4v) is 4.54. The van der Waals surface area contributed by atoms with Crippen LogP contribution >= 0.6 is 0 Å². The van der Waals surface area contributed by atoms with Crippen molar-refractivity contribution in [2.75, 3.05) is 43.6 Å². The van der Waals surface area contributed by atoms with Gasteiger partial charge in [0.25, 0.3) is 5.91 Å².